The summed E-state index contributed by atoms with van der Waals surface area (Å²) in [6.45, 7) is 0. The number of ether oxygens (including phenoxy) is 1. The molecule has 3 aliphatic carbocycles. The minimum absolute atomic E-state index is 0.0289. The summed E-state index contributed by atoms with van der Waals surface area (Å²) in [4.78, 5) is 54.9. The first kappa shape index (κ1) is 25.4. The third kappa shape index (κ3) is 3.26. The number of ketones is 2. The number of primary amides is 1. The molecule has 4 atom stereocenters. The number of nitrogens with zero attached hydrogens (tertiary/aromatic N) is 2. The predicted molar refractivity (Wildman–Crippen MR) is 128 cm³/mol. The molecule has 0 aliphatic heterocycles. The van der Waals surface area contributed by atoms with Crippen molar-refractivity contribution in [2.75, 3.05) is 40.2 Å². The van der Waals surface area contributed by atoms with E-state index in [4.69, 9.17) is 10.5 Å². The van der Waals surface area contributed by atoms with Gasteiger partial charge in [-0.15, -0.1) is 0 Å². The molecule has 192 valence electrons. The molecule has 1 aromatic rings. The Morgan fingerprint density at radius 3 is 2.31 bits per heavy atom. The number of aliphatic hydroxyl groups is 3. The smallest absolute Gasteiger partial charge is 0.338 e. The number of Topliss-reactive ketones (excluding diaryl/α,β-unsaturated/α-hetero) is 2. The van der Waals surface area contributed by atoms with E-state index < -0.39 is 64.0 Å². The van der Waals surface area contributed by atoms with E-state index in [0.29, 0.717) is 11.3 Å². The number of carbonyl (C=O) groups is 4. The number of rotatable bonds is 4. The van der Waals surface area contributed by atoms with Crippen LogP contribution in [0.4, 0.5) is 5.69 Å². The molecule has 0 heterocycles. The van der Waals surface area contributed by atoms with Gasteiger partial charge in [0.25, 0.3) is 5.91 Å². The van der Waals surface area contributed by atoms with Gasteiger partial charge in [0.05, 0.1) is 18.7 Å². The van der Waals surface area contributed by atoms with E-state index in [9.17, 15) is 34.5 Å². The highest BCUT2D eigenvalue weighted by Crippen LogP contribution is 2.52. The average Bonchev–Trinajstić information content (AvgIpc) is 2.79. The summed E-state index contributed by atoms with van der Waals surface area (Å²) in [5.41, 5.74) is 3.08. The van der Waals surface area contributed by atoms with E-state index in [1.54, 1.807) is 39.2 Å². The Hall–Kier alpha value is -3.70. The highest BCUT2D eigenvalue weighted by Gasteiger charge is 2.64. The molecule has 1 saturated carbocycles. The first-order valence-electron chi connectivity index (χ1n) is 11.3. The fourth-order valence-corrected chi connectivity index (χ4v) is 5.95. The molecule has 0 bridgehead atoms. The van der Waals surface area contributed by atoms with Crippen molar-refractivity contribution in [3.63, 3.8) is 0 Å². The van der Waals surface area contributed by atoms with Crippen LogP contribution in [0.3, 0.4) is 0 Å². The molecular weight excluding hydrogens is 470 g/mol. The molecule has 11 nitrogen and oxygen atoms in total. The van der Waals surface area contributed by atoms with Gasteiger partial charge >= 0.3 is 5.97 Å². The van der Waals surface area contributed by atoms with Gasteiger partial charge in [0.15, 0.2) is 11.4 Å². The Labute approximate surface area is 207 Å². The second kappa shape index (κ2) is 8.45. The lowest BCUT2D eigenvalue weighted by Gasteiger charge is -2.50. The van der Waals surface area contributed by atoms with Crippen LogP contribution in [0.1, 0.15) is 27.9 Å². The fraction of sp³-hybridized carbons (Fsp3) is 0.440. The maximum atomic E-state index is 13.9. The molecule has 4 rings (SSSR count). The van der Waals surface area contributed by atoms with E-state index in [1.165, 1.54) is 18.1 Å². The van der Waals surface area contributed by atoms with Crippen molar-refractivity contribution in [2.45, 2.75) is 24.5 Å². The molecule has 5 N–H and O–H groups in total. The lowest BCUT2D eigenvalue weighted by Crippen LogP contribution is -2.65. The van der Waals surface area contributed by atoms with E-state index in [0.717, 1.165) is 0 Å². The predicted octanol–water partition coefficient (Wildman–Crippen LogP) is 0.111. The Kier molecular flexibility index (Phi) is 5.96. The Balaban J connectivity index is 2.02. The van der Waals surface area contributed by atoms with Crippen molar-refractivity contribution in [2.24, 2.45) is 17.6 Å². The summed E-state index contributed by atoms with van der Waals surface area (Å²) in [7, 11) is 7.90. The molecule has 1 amide bonds. The van der Waals surface area contributed by atoms with Crippen LogP contribution >= 0.6 is 0 Å². The number of likely N-dealkylation sites (N-methyl/N-ethyl adjacent to an activating group) is 1. The summed E-state index contributed by atoms with van der Waals surface area (Å²) in [5.74, 6) is -7.23. The summed E-state index contributed by atoms with van der Waals surface area (Å²) >= 11 is 0. The molecule has 3 aliphatic rings. The molecule has 11 heteroatoms. The lowest BCUT2D eigenvalue weighted by molar-refractivity contribution is -0.153. The van der Waals surface area contributed by atoms with Crippen LogP contribution in [0.15, 0.2) is 29.0 Å². The van der Waals surface area contributed by atoms with E-state index >= 15 is 0 Å². The van der Waals surface area contributed by atoms with Crippen LogP contribution in [0.5, 0.6) is 0 Å². The zero-order chi connectivity index (χ0) is 26.9. The van der Waals surface area contributed by atoms with Gasteiger partial charge in [0, 0.05) is 36.8 Å². The number of anilines is 1. The van der Waals surface area contributed by atoms with Crippen molar-refractivity contribution < 1.29 is 39.2 Å². The number of fused-ring (bicyclic) bond motifs is 3. The maximum Gasteiger partial charge on any atom is 0.338 e. The number of esters is 1. The summed E-state index contributed by atoms with van der Waals surface area (Å²) < 4.78 is 4.87. The number of hydrogen-bond acceptors (Lipinski definition) is 10. The zero-order valence-electron chi connectivity index (χ0n) is 20.7. The van der Waals surface area contributed by atoms with E-state index in [-0.39, 0.29) is 29.5 Å². The largest absolute Gasteiger partial charge is 0.508 e. The molecule has 0 aromatic heterocycles. The molecule has 1 aromatic carbocycles. The average molecular weight is 500 g/mol. The standard InChI is InChI=1S/C25H29N3O8/c1-27(2)14-7-6-11(24(34)36-5)16-12(14)8-10-9-13-18(28(3)4)20(30)17(23(26)33)22(32)25(13,35)21(31)15(10)19(16)29/h6-7,10,13,18,29,32,35H,8-9H2,1-5H3,(H2,26,33)/t10-,13-,18-,25-/m0/s1. The second-order valence-electron chi connectivity index (χ2n) is 9.83. The number of aliphatic hydroxyl groups excluding tert-OH is 2. The van der Waals surface area contributed by atoms with Crippen LogP contribution < -0.4 is 10.6 Å². The second-order valence-corrected chi connectivity index (χ2v) is 9.83. The number of methoxy groups -OCH3 is 1. The quantitative estimate of drug-likeness (QED) is 0.329. The normalized spacial score (nSPS) is 27.5. The van der Waals surface area contributed by atoms with Gasteiger partial charge in [0.1, 0.15) is 17.1 Å². The molecule has 1 fully saturated rings. The molecule has 36 heavy (non-hydrogen) atoms. The first-order chi connectivity index (χ1) is 16.8. The van der Waals surface area contributed by atoms with Gasteiger partial charge in [-0.25, -0.2) is 4.79 Å². The van der Waals surface area contributed by atoms with Crippen LogP contribution in [0, 0.1) is 11.8 Å². The van der Waals surface area contributed by atoms with Gasteiger partial charge in [-0.05, 0) is 50.6 Å². The van der Waals surface area contributed by atoms with E-state index in [1.807, 2.05) is 0 Å². The highest BCUT2D eigenvalue weighted by molar-refractivity contribution is 6.24. The molecule has 0 unspecified atom stereocenters. The van der Waals surface area contributed by atoms with Gasteiger partial charge in [0.2, 0.25) is 5.78 Å². The summed E-state index contributed by atoms with van der Waals surface area (Å²) in [6.07, 6.45) is 0.244. The minimum atomic E-state index is -2.67. The SMILES string of the molecule is COC(=O)c1ccc(N(C)C)c2c1C(O)=C1C(=O)[C@]3(O)C(O)=C(C(N)=O)C(=O)[C@@H](N(C)C)[C@@H]3C[C@@H]1C2. The first-order valence-corrected chi connectivity index (χ1v) is 11.3. The molecule has 0 radical (unpaired) electrons. The number of benzene rings is 1. The van der Waals surface area contributed by atoms with Gasteiger partial charge in [-0.2, -0.15) is 0 Å². The van der Waals surface area contributed by atoms with Crippen LogP contribution in [0.2, 0.25) is 0 Å². The van der Waals surface area contributed by atoms with Crippen molar-refractivity contribution in [3.8, 4) is 0 Å². The number of carbonyl (C=O) groups excluding carboxylic acids is 4. The third-order valence-electron chi connectivity index (χ3n) is 7.49. The van der Waals surface area contributed by atoms with Crippen LogP contribution in [0.25, 0.3) is 5.76 Å². The third-order valence-corrected chi connectivity index (χ3v) is 7.49. The van der Waals surface area contributed by atoms with Crippen LogP contribution in [-0.2, 0) is 25.5 Å². The van der Waals surface area contributed by atoms with Gasteiger partial charge in [-0.3, -0.25) is 19.3 Å². The van der Waals surface area contributed by atoms with E-state index in [2.05, 4.69) is 0 Å². The number of hydrogen-bond donors (Lipinski definition) is 4. The summed E-state index contributed by atoms with van der Waals surface area (Å²) in [6, 6.07) is 2.06. The molecular formula is C25H29N3O8. The van der Waals surface area contributed by atoms with Crippen molar-refractivity contribution in [3.05, 3.63) is 45.7 Å². The van der Waals surface area contributed by atoms with Gasteiger partial charge < -0.3 is 30.7 Å². The van der Waals surface area contributed by atoms with Gasteiger partial charge in [-0.1, -0.05) is 0 Å². The Bertz CT molecular complexity index is 1280. The molecule has 0 saturated heterocycles. The fourth-order valence-electron chi connectivity index (χ4n) is 5.95. The minimum Gasteiger partial charge on any atom is -0.508 e. The summed E-state index contributed by atoms with van der Waals surface area (Å²) in [5, 5.41) is 34.0. The maximum absolute atomic E-state index is 13.9. The topological polar surface area (TPSA) is 171 Å². The Morgan fingerprint density at radius 2 is 1.78 bits per heavy atom. The monoisotopic (exact) mass is 499 g/mol. The van der Waals surface area contributed by atoms with Crippen molar-refractivity contribution in [1.29, 1.82) is 0 Å². The van der Waals surface area contributed by atoms with Crippen molar-refractivity contribution in [1.82, 2.24) is 4.90 Å². The lowest BCUT2D eigenvalue weighted by atomic mass is 9.57. The highest BCUT2D eigenvalue weighted by atomic mass is 16.5. The van der Waals surface area contributed by atoms with Crippen LogP contribution in [-0.4, -0.2) is 90.6 Å². The molecule has 0 spiro atoms. The zero-order valence-corrected chi connectivity index (χ0v) is 20.7. The Morgan fingerprint density at radius 1 is 1.14 bits per heavy atom. The number of nitrogens with two attached hydrogens (primary N) is 1. The van der Waals surface area contributed by atoms with Crippen molar-refractivity contribution >= 4 is 34.9 Å². The number of amides is 1.